The van der Waals surface area contributed by atoms with E-state index in [2.05, 4.69) is 5.32 Å². The maximum atomic E-state index is 11.9. The Labute approximate surface area is 147 Å². The first-order chi connectivity index (χ1) is 11.9. The van der Waals surface area contributed by atoms with Gasteiger partial charge in [0.25, 0.3) is 11.6 Å². The van der Waals surface area contributed by atoms with E-state index < -0.39 is 23.4 Å². The van der Waals surface area contributed by atoms with Crippen LogP contribution in [-0.4, -0.2) is 30.5 Å². The average molecular weight is 365 g/mol. The number of nitrogens with zero attached hydrogens (tertiary/aromatic N) is 1. The highest BCUT2D eigenvalue weighted by Gasteiger charge is 2.15. The molecule has 25 heavy (non-hydrogen) atoms. The van der Waals surface area contributed by atoms with Crippen LogP contribution in [0.3, 0.4) is 0 Å². The number of methoxy groups -OCH3 is 1. The zero-order chi connectivity index (χ0) is 18.4. The van der Waals surface area contributed by atoms with Crippen molar-refractivity contribution in [3.63, 3.8) is 0 Å². The number of rotatable bonds is 6. The number of esters is 1. The topological polar surface area (TPSA) is 108 Å². The van der Waals surface area contributed by atoms with E-state index in [1.165, 1.54) is 37.4 Å². The first-order valence-corrected chi connectivity index (χ1v) is 7.33. The summed E-state index contributed by atoms with van der Waals surface area (Å²) in [7, 11) is 1.31. The maximum Gasteiger partial charge on any atom is 0.338 e. The summed E-state index contributed by atoms with van der Waals surface area (Å²) >= 11 is 5.78. The summed E-state index contributed by atoms with van der Waals surface area (Å²) in [5.74, 6) is -1.21. The first kappa shape index (κ1) is 18.2. The molecule has 9 heteroatoms. The van der Waals surface area contributed by atoms with Gasteiger partial charge in [0.15, 0.2) is 6.61 Å². The molecule has 130 valence electrons. The van der Waals surface area contributed by atoms with Crippen molar-refractivity contribution in [1.29, 1.82) is 0 Å². The van der Waals surface area contributed by atoms with Gasteiger partial charge in [-0.15, -0.1) is 0 Å². The number of non-ortho nitro benzene ring substituents is 1. The molecule has 2 aromatic rings. The fourth-order valence-corrected chi connectivity index (χ4v) is 2.10. The van der Waals surface area contributed by atoms with E-state index in [9.17, 15) is 19.7 Å². The second kappa shape index (κ2) is 8.11. The summed E-state index contributed by atoms with van der Waals surface area (Å²) < 4.78 is 9.90. The number of hydrogen-bond donors (Lipinski definition) is 1. The van der Waals surface area contributed by atoms with Gasteiger partial charge in [-0.05, 0) is 24.3 Å². The number of ether oxygens (including phenoxy) is 2. The highest BCUT2D eigenvalue weighted by molar-refractivity contribution is 6.30. The lowest BCUT2D eigenvalue weighted by atomic mass is 10.2. The Kier molecular flexibility index (Phi) is 5.91. The molecule has 0 heterocycles. The van der Waals surface area contributed by atoms with E-state index >= 15 is 0 Å². The van der Waals surface area contributed by atoms with Crippen molar-refractivity contribution in [3.8, 4) is 5.75 Å². The van der Waals surface area contributed by atoms with Crippen LogP contribution in [0.2, 0.25) is 5.02 Å². The summed E-state index contributed by atoms with van der Waals surface area (Å²) in [6.45, 7) is -0.536. The average Bonchev–Trinajstić information content (AvgIpc) is 2.59. The molecule has 0 aliphatic heterocycles. The number of anilines is 1. The van der Waals surface area contributed by atoms with Gasteiger partial charge in [-0.1, -0.05) is 17.7 Å². The van der Waals surface area contributed by atoms with Crippen molar-refractivity contribution >= 4 is 34.9 Å². The van der Waals surface area contributed by atoms with Gasteiger partial charge in [0.1, 0.15) is 5.75 Å². The monoisotopic (exact) mass is 364 g/mol. The third-order valence-corrected chi connectivity index (χ3v) is 3.30. The summed E-state index contributed by atoms with van der Waals surface area (Å²) in [6.07, 6.45) is 0. The fraction of sp³-hybridized carbons (Fsp3) is 0.125. The number of carbonyl (C=O) groups excluding carboxylic acids is 2. The van der Waals surface area contributed by atoms with E-state index in [4.69, 9.17) is 21.1 Å². The predicted molar refractivity (Wildman–Crippen MR) is 90.0 cm³/mol. The molecule has 2 rings (SSSR count). The van der Waals surface area contributed by atoms with Crippen LogP contribution in [0.15, 0.2) is 42.5 Å². The lowest BCUT2D eigenvalue weighted by Gasteiger charge is -2.10. The fourth-order valence-electron chi connectivity index (χ4n) is 1.91. The number of carbonyl (C=O) groups is 2. The summed E-state index contributed by atoms with van der Waals surface area (Å²) in [6, 6.07) is 9.83. The second-order valence-electron chi connectivity index (χ2n) is 4.78. The van der Waals surface area contributed by atoms with E-state index in [0.717, 1.165) is 0 Å². The molecule has 1 amide bonds. The van der Waals surface area contributed by atoms with Gasteiger partial charge in [-0.3, -0.25) is 14.9 Å². The molecule has 0 aliphatic rings. The summed E-state index contributed by atoms with van der Waals surface area (Å²) in [4.78, 5) is 33.9. The lowest BCUT2D eigenvalue weighted by Crippen LogP contribution is -2.21. The standard InChI is InChI=1S/C16H13ClN2O6/c1-24-14-8-12(19(22)23)5-6-13(14)18-15(20)9-25-16(21)10-3-2-4-11(17)7-10/h2-8H,9H2,1H3,(H,18,20). The normalized spacial score (nSPS) is 10.0. The summed E-state index contributed by atoms with van der Waals surface area (Å²) in [5.41, 5.74) is 0.257. The van der Waals surface area contributed by atoms with Gasteiger partial charge >= 0.3 is 5.97 Å². The Morgan fingerprint density at radius 3 is 2.64 bits per heavy atom. The van der Waals surface area contributed by atoms with Crippen LogP contribution in [-0.2, 0) is 9.53 Å². The maximum absolute atomic E-state index is 11.9. The minimum absolute atomic E-state index is 0.115. The van der Waals surface area contributed by atoms with Gasteiger partial charge in [0.05, 0.1) is 29.4 Å². The first-order valence-electron chi connectivity index (χ1n) is 6.95. The van der Waals surface area contributed by atoms with E-state index in [0.29, 0.717) is 5.02 Å². The van der Waals surface area contributed by atoms with Gasteiger partial charge in [0, 0.05) is 11.1 Å². The number of amides is 1. The van der Waals surface area contributed by atoms with E-state index in [1.807, 2.05) is 0 Å². The molecule has 0 saturated carbocycles. The molecule has 0 aromatic heterocycles. The quantitative estimate of drug-likeness (QED) is 0.479. The number of nitro benzene ring substituents is 1. The molecule has 0 aliphatic carbocycles. The number of nitro groups is 1. The highest BCUT2D eigenvalue weighted by atomic mass is 35.5. The van der Waals surface area contributed by atoms with Gasteiger partial charge < -0.3 is 14.8 Å². The Hall–Kier alpha value is -3.13. The number of hydrogen-bond acceptors (Lipinski definition) is 6. The molecule has 0 bridgehead atoms. The van der Waals surface area contributed by atoms with Crippen molar-refractivity contribution in [3.05, 3.63) is 63.2 Å². The molecule has 0 saturated heterocycles. The largest absolute Gasteiger partial charge is 0.494 e. The molecule has 0 atom stereocenters. The lowest BCUT2D eigenvalue weighted by molar-refractivity contribution is -0.384. The Morgan fingerprint density at radius 2 is 2.00 bits per heavy atom. The zero-order valence-electron chi connectivity index (χ0n) is 13.0. The Balaban J connectivity index is 1.98. The minimum Gasteiger partial charge on any atom is -0.494 e. The van der Waals surface area contributed by atoms with Crippen molar-refractivity contribution in [2.24, 2.45) is 0 Å². The van der Waals surface area contributed by atoms with Crippen molar-refractivity contribution < 1.29 is 24.0 Å². The van der Waals surface area contributed by atoms with Crippen molar-refractivity contribution in [2.75, 3.05) is 19.0 Å². The van der Waals surface area contributed by atoms with Gasteiger partial charge in [-0.2, -0.15) is 0 Å². The van der Waals surface area contributed by atoms with Crippen LogP contribution in [0.1, 0.15) is 10.4 Å². The van der Waals surface area contributed by atoms with Crippen molar-refractivity contribution in [1.82, 2.24) is 0 Å². The Bertz CT molecular complexity index is 824. The van der Waals surface area contributed by atoms with E-state index in [1.54, 1.807) is 12.1 Å². The van der Waals surface area contributed by atoms with Crippen molar-refractivity contribution in [2.45, 2.75) is 0 Å². The molecule has 0 fully saturated rings. The molecule has 0 radical (unpaired) electrons. The number of nitrogens with one attached hydrogen (secondary N) is 1. The zero-order valence-corrected chi connectivity index (χ0v) is 13.8. The molecule has 0 spiro atoms. The molecule has 1 N–H and O–H groups in total. The van der Waals surface area contributed by atoms with E-state index in [-0.39, 0.29) is 22.7 Å². The molecule has 2 aromatic carbocycles. The minimum atomic E-state index is -0.701. The van der Waals surface area contributed by atoms with Crippen LogP contribution >= 0.6 is 11.6 Å². The third kappa shape index (κ3) is 4.92. The number of halogens is 1. The predicted octanol–water partition coefficient (Wildman–Crippen LogP) is 3.05. The SMILES string of the molecule is COc1cc([N+](=O)[O-])ccc1NC(=O)COC(=O)c1cccc(Cl)c1. The molecular formula is C16H13ClN2O6. The highest BCUT2D eigenvalue weighted by Crippen LogP contribution is 2.28. The number of benzene rings is 2. The second-order valence-corrected chi connectivity index (χ2v) is 5.21. The molecule has 0 unspecified atom stereocenters. The molecular weight excluding hydrogens is 352 g/mol. The summed E-state index contributed by atoms with van der Waals surface area (Å²) in [5, 5.41) is 13.6. The third-order valence-electron chi connectivity index (χ3n) is 3.06. The molecule has 8 nitrogen and oxygen atoms in total. The van der Waals surface area contributed by atoms with Crippen LogP contribution in [0.4, 0.5) is 11.4 Å². The smallest absolute Gasteiger partial charge is 0.338 e. The van der Waals surface area contributed by atoms with Crippen LogP contribution < -0.4 is 10.1 Å². The van der Waals surface area contributed by atoms with Gasteiger partial charge in [0.2, 0.25) is 0 Å². The van der Waals surface area contributed by atoms with Crippen LogP contribution in [0.25, 0.3) is 0 Å². The van der Waals surface area contributed by atoms with Gasteiger partial charge in [-0.25, -0.2) is 4.79 Å². The Morgan fingerprint density at radius 1 is 1.24 bits per heavy atom. The van der Waals surface area contributed by atoms with Crippen LogP contribution in [0, 0.1) is 10.1 Å². The van der Waals surface area contributed by atoms with Crippen LogP contribution in [0.5, 0.6) is 5.75 Å².